The highest BCUT2D eigenvalue weighted by Gasteiger charge is 2.22. The summed E-state index contributed by atoms with van der Waals surface area (Å²) in [7, 11) is 0. The zero-order valence-corrected chi connectivity index (χ0v) is 15.4. The molecule has 0 bridgehead atoms. The zero-order chi connectivity index (χ0) is 18.2. The number of benzene rings is 1. The summed E-state index contributed by atoms with van der Waals surface area (Å²) in [5.74, 6) is 2.17. The van der Waals surface area contributed by atoms with E-state index in [2.05, 4.69) is 22.2 Å². The Kier molecular flexibility index (Phi) is 6.66. The monoisotopic (exact) mass is 356 g/mol. The third-order valence-electron chi connectivity index (χ3n) is 4.62. The first-order chi connectivity index (χ1) is 12.7. The highest BCUT2D eigenvalue weighted by atomic mass is 16.5. The van der Waals surface area contributed by atoms with Crippen molar-refractivity contribution in [2.45, 2.75) is 32.7 Å². The average molecular weight is 356 g/mol. The van der Waals surface area contributed by atoms with Gasteiger partial charge in [0.05, 0.1) is 19.3 Å². The van der Waals surface area contributed by atoms with E-state index in [4.69, 9.17) is 4.74 Å². The Morgan fingerprint density at radius 2 is 2.15 bits per heavy atom. The molecule has 1 atom stereocenters. The summed E-state index contributed by atoms with van der Waals surface area (Å²) in [5.41, 5.74) is 0. The molecule has 0 spiro atoms. The summed E-state index contributed by atoms with van der Waals surface area (Å²) in [6, 6.07) is 11.8. The normalized spacial score (nSPS) is 17.8. The van der Waals surface area contributed by atoms with E-state index in [0.717, 1.165) is 50.5 Å². The summed E-state index contributed by atoms with van der Waals surface area (Å²) in [6.07, 6.45) is 4.96. The number of nitrogens with zero attached hydrogens (tertiary/aromatic N) is 3. The van der Waals surface area contributed by atoms with Gasteiger partial charge in [-0.2, -0.15) is 5.10 Å². The molecule has 6 nitrogen and oxygen atoms in total. The van der Waals surface area contributed by atoms with Crippen molar-refractivity contribution >= 4 is 11.7 Å². The fourth-order valence-corrected chi connectivity index (χ4v) is 3.38. The van der Waals surface area contributed by atoms with Crippen LogP contribution < -0.4 is 10.1 Å². The van der Waals surface area contributed by atoms with E-state index in [1.54, 1.807) is 6.20 Å². The average Bonchev–Trinajstić information content (AvgIpc) is 3.08. The van der Waals surface area contributed by atoms with Crippen molar-refractivity contribution in [2.75, 3.05) is 31.6 Å². The second kappa shape index (κ2) is 9.38. The van der Waals surface area contributed by atoms with Crippen LogP contribution in [-0.2, 0) is 11.3 Å². The minimum Gasteiger partial charge on any atom is -0.493 e. The largest absolute Gasteiger partial charge is 0.493 e. The Balaban J connectivity index is 1.45. The van der Waals surface area contributed by atoms with Gasteiger partial charge in [0.25, 0.3) is 0 Å². The standard InChI is InChI=1S/C20H28N4O2/c1-2-12-24-19(10-11-21-24)22-20(25)15-23-13-6-7-17(14-23)16-26-18-8-4-3-5-9-18/h3-5,8-11,17H,2,6-7,12-16H2,1H3,(H,22,25). The van der Waals surface area contributed by atoms with Gasteiger partial charge in [-0.25, -0.2) is 4.68 Å². The predicted octanol–water partition coefficient (Wildman–Crippen LogP) is 3.02. The Hall–Kier alpha value is -2.34. The van der Waals surface area contributed by atoms with Crippen LogP contribution in [0.5, 0.6) is 5.75 Å². The maximum atomic E-state index is 12.4. The van der Waals surface area contributed by atoms with Crippen molar-refractivity contribution in [3.8, 4) is 5.75 Å². The first-order valence-corrected chi connectivity index (χ1v) is 9.46. The van der Waals surface area contributed by atoms with E-state index in [0.29, 0.717) is 19.1 Å². The van der Waals surface area contributed by atoms with Gasteiger partial charge < -0.3 is 10.1 Å². The van der Waals surface area contributed by atoms with Gasteiger partial charge in [-0.05, 0) is 37.9 Å². The summed E-state index contributed by atoms with van der Waals surface area (Å²) < 4.78 is 7.73. The number of ether oxygens (including phenoxy) is 1. The predicted molar refractivity (Wildman–Crippen MR) is 102 cm³/mol. The van der Waals surface area contributed by atoms with E-state index in [-0.39, 0.29) is 5.91 Å². The molecule has 1 aliphatic rings. The van der Waals surface area contributed by atoms with Gasteiger partial charge in [-0.15, -0.1) is 0 Å². The number of para-hydroxylation sites is 1. The Morgan fingerprint density at radius 1 is 1.31 bits per heavy atom. The highest BCUT2D eigenvalue weighted by molar-refractivity contribution is 5.91. The van der Waals surface area contributed by atoms with Crippen LogP contribution in [0, 0.1) is 5.92 Å². The van der Waals surface area contributed by atoms with Gasteiger partial charge in [0, 0.05) is 25.1 Å². The van der Waals surface area contributed by atoms with Crippen LogP contribution in [0.15, 0.2) is 42.6 Å². The lowest BCUT2D eigenvalue weighted by atomic mass is 9.99. The SMILES string of the molecule is CCCn1nccc1NC(=O)CN1CCCC(COc2ccccc2)C1. The minimum absolute atomic E-state index is 0.0208. The smallest absolute Gasteiger partial charge is 0.239 e. The molecular formula is C20H28N4O2. The number of carbonyl (C=O) groups is 1. The number of piperidine rings is 1. The molecule has 1 saturated heterocycles. The Labute approximate surface area is 155 Å². The molecule has 1 N–H and O–H groups in total. The summed E-state index contributed by atoms with van der Waals surface area (Å²) in [6.45, 7) is 5.88. The summed E-state index contributed by atoms with van der Waals surface area (Å²) in [5, 5.41) is 7.23. The Bertz CT molecular complexity index is 686. The molecule has 2 aromatic rings. The molecule has 2 heterocycles. The van der Waals surface area contributed by atoms with Crippen molar-refractivity contribution in [1.29, 1.82) is 0 Å². The van der Waals surface area contributed by atoms with Crippen LogP contribution in [0.3, 0.4) is 0 Å². The molecule has 0 aliphatic carbocycles. The number of carbonyl (C=O) groups excluding carboxylic acids is 1. The molecule has 0 radical (unpaired) electrons. The van der Waals surface area contributed by atoms with Crippen LogP contribution in [0.2, 0.25) is 0 Å². The Morgan fingerprint density at radius 3 is 2.96 bits per heavy atom. The van der Waals surface area contributed by atoms with Gasteiger partial charge in [0.2, 0.25) is 5.91 Å². The first-order valence-electron chi connectivity index (χ1n) is 9.46. The fourth-order valence-electron chi connectivity index (χ4n) is 3.38. The molecule has 3 rings (SSSR count). The number of hydrogen-bond acceptors (Lipinski definition) is 4. The molecule has 1 aliphatic heterocycles. The molecule has 140 valence electrons. The number of amides is 1. The van der Waals surface area contributed by atoms with Crippen molar-refractivity contribution < 1.29 is 9.53 Å². The van der Waals surface area contributed by atoms with Crippen molar-refractivity contribution in [2.24, 2.45) is 5.92 Å². The molecule has 6 heteroatoms. The number of aromatic nitrogens is 2. The second-order valence-corrected chi connectivity index (χ2v) is 6.86. The zero-order valence-electron chi connectivity index (χ0n) is 15.4. The summed E-state index contributed by atoms with van der Waals surface area (Å²) in [4.78, 5) is 14.6. The van der Waals surface area contributed by atoms with Gasteiger partial charge in [0.15, 0.2) is 0 Å². The van der Waals surface area contributed by atoms with Crippen molar-refractivity contribution in [3.63, 3.8) is 0 Å². The summed E-state index contributed by atoms with van der Waals surface area (Å²) >= 11 is 0. The lowest BCUT2D eigenvalue weighted by Gasteiger charge is -2.32. The molecule has 1 fully saturated rings. The molecule has 1 aromatic carbocycles. The minimum atomic E-state index is 0.0208. The molecule has 26 heavy (non-hydrogen) atoms. The molecule has 1 unspecified atom stereocenters. The fraction of sp³-hybridized carbons (Fsp3) is 0.500. The molecule has 0 saturated carbocycles. The van der Waals surface area contributed by atoms with Crippen LogP contribution in [0.4, 0.5) is 5.82 Å². The maximum Gasteiger partial charge on any atom is 0.239 e. The lowest BCUT2D eigenvalue weighted by Crippen LogP contribution is -2.42. The van der Waals surface area contributed by atoms with E-state index in [1.165, 1.54) is 0 Å². The van der Waals surface area contributed by atoms with E-state index in [1.807, 2.05) is 41.1 Å². The molecular weight excluding hydrogens is 328 g/mol. The van der Waals surface area contributed by atoms with Crippen LogP contribution in [0.1, 0.15) is 26.2 Å². The maximum absolute atomic E-state index is 12.4. The van der Waals surface area contributed by atoms with Crippen molar-refractivity contribution in [1.82, 2.24) is 14.7 Å². The number of rotatable bonds is 8. The number of aryl methyl sites for hydroxylation is 1. The van der Waals surface area contributed by atoms with Gasteiger partial charge in [0.1, 0.15) is 11.6 Å². The van der Waals surface area contributed by atoms with Gasteiger partial charge in [-0.1, -0.05) is 25.1 Å². The van der Waals surface area contributed by atoms with E-state index >= 15 is 0 Å². The quantitative estimate of drug-likeness (QED) is 0.790. The highest BCUT2D eigenvalue weighted by Crippen LogP contribution is 2.19. The molecule has 1 amide bonds. The molecule has 1 aromatic heterocycles. The van der Waals surface area contributed by atoms with Crippen LogP contribution in [0.25, 0.3) is 0 Å². The third kappa shape index (κ3) is 5.33. The third-order valence-corrected chi connectivity index (χ3v) is 4.62. The number of hydrogen-bond donors (Lipinski definition) is 1. The number of anilines is 1. The first kappa shape index (κ1) is 18.5. The lowest BCUT2D eigenvalue weighted by molar-refractivity contribution is -0.117. The van der Waals surface area contributed by atoms with Crippen LogP contribution in [-0.4, -0.2) is 46.8 Å². The number of likely N-dealkylation sites (tertiary alicyclic amines) is 1. The topological polar surface area (TPSA) is 59.4 Å². The second-order valence-electron chi connectivity index (χ2n) is 6.86. The van der Waals surface area contributed by atoms with Crippen molar-refractivity contribution in [3.05, 3.63) is 42.6 Å². The van der Waals surface area contributed by atoms with Crippen LogP contribution >= 0.6 is 0 Å². The van der Waals surface area contributed by atoms with E-state index < -0.39 is 0 Å². The van der Waals surface area contributed by atoms with Gasteiger partial charge in [-0.3, -0.25) is 9.69 Å². The number of nitrogens with one attached hydrogen (secondary N) is 1. The van der Waals surface area contributed by atoms with E-state index in [9.17, 15) is 4.79 Å². The van der Waals surface area contributed by atoms with Gasteiger partial charge >= 0.3 is 0 Å².